The molecule has 0 saturated carbocycles. The molecule has 29 heavy (non-hydrogen) atoms. The van der Waals surface area contributed by atoms with Crippen LogP contribution in [0.15, 0.2) is 77.8 Å². The Balaban J connectivity index is 1.45. The van der Waals surface area contributed by atoms with Crippen LogP contribution in [0.2, 0.25) is 0 Å². The predicted octanol–water partition coefficient (Wildman–Crippen LogP) is 5.07. The molecule has 1 aliphatic rings. The Morgan fingerprint density at radius 1 is 0.897 bits per heavy atom. The molecule has 3 aromatic carbocycles. The minimum Gasteiger partial charge on any atom is -0.496 e. The second-order valence-electron chi connectivity index (χ2n) is 6.69. The molecular weight excluding hydrogens is 364 g/mol. The van der Waals surface area contributed by atoms with Crippen LogP contribution in [0, 0.1) is 0 Å². The number of benzene rings is 3. The maximum absolute atomic E-state index is 5.82. The summed E-state index contributed by atoms with van der Waals surface area (Å²) < 4.78 is 16.8. The lowest BCUT2D eigenvalue weighted by Gasteiger charge is -2.29. The highest BCUT2D eigenvalue weighted by atomic mass is 16.5. The highest BCUT2D eigenvalue weighted by Crippen LogP contribution is 2.27. The number of anilines is 1. The van der Waals surface area contributed by atoms with Crippen LogP contribution in [0.4, 0.5) is 11.4 Å². The van der Waals surface area contributed by atoms with Crippen molar-refractivity contribution in [2.24, 2.45) is 4.99 Å². The molecule has 1 saturated heterocycles. The van der Waals surface area contributed by atoms with Crippen molar-refractivity contribution in [1.29, 1.82) is 0 Å². The van der Waals surface area contributed by atoms with Crippen LogP contribution in [0.1, 0.15) is 5.56 Å². The molecule has 0 aromatic heterocycles. The van der Waals surface area contributed by atoms with E-state index in [1.807, 2.05) is 66.9 Å². The molecule has 0 amide bonds. The van der Waals surface area contributed by atoms with Gasteiger partial charge in [-0.1, -0.05) is 18.2 Å². The predicted molar refractivity (Wildman–Crippen MR) is 116 cm³/mol. The summed E-state index contributed by atoms with van der Waals surface area (Å²) in [4.78, 5) is 6.89. The van der Waals surface area contributed by atoms with Gasteiger partial charge in [0, 0.05) is 36.6 Å². The number of rotatable bonds is 6. The summed E-state index contributed by atoms with van der Waals surface area (Å²) in [7, 11) is 1.69. The van der Waals surface area contributed by atoms with Gasteiger partial charge in [0.25, 0.3) is 0 Å². The van der Waals surface area contributed by atoms with Crippen molar-refractivity contribution in [2.45, 2.75) is 0 Å². The molecule has 0 atom stereocenters. The second-order valence-corrected chi connectivity index (χ2v) is 6.69. The minimum absolute atomic E-state index is 0.759. The zero-order valence-corrected chi connectivity index (χ0v) is 16.5. The van der Waals surface area contributed by atoms with Crippen molar-refractivity contribution in [1.82, 2.24) is 0 Å². The molecule has 0 spiro atoms. The monoisotopic (exact) mass is 388 g/mol. The van der Waals surface area contributed by atoms with Gasteiger partial charge < -0.3 is 19.1 Å². The maximum Gasteiger partial charge on any atom is 0.129 e. The minimum atomic E-state index is 0.759. The van der Waals surface area contributed by atoms with Crippen LogP contribution >= 0.6 is 0 Å². The Labute approximate surface area is 171 Å². The summed E-state index contributed by atoms with van der Waals surface area (Å²) in [5.74, 6) is 2.40. The number of ether oxygens (including phenoxy) is 3. The third-order valence-corrected chi connectivity index (χ3v) is 4.76. The zero-order chi connectivity index (χ0) is 19.9. The molecule has 0 bridgehead atoms. The van der Waals surface area contributed by atoms with E-state index >= 15 is 0 Å². The van der Waals surface area contributed by atoms with Crippen molar-refractivity contribution in [3.63, 3.8) is 0 Å². The fourth-order valence-electron chi connectivity index (χ4n) is 3.19. The average Bonchev–Trinajstić information content (AvgIpc) is 2.80. The first-order valence-electron chi connectivity index (χ1n) is 9.69. The van der Waals surface area contributed by atoms with Crippen molar-refractivity contribution in [3.05, 3.63) is 78.4 Å². The number of morpholine rings is 1. The highest BCUT2D eigenvalue weighted by Gasteiger charge is 2.13. The van der Waals surface area contributed by atoms with Crippen molar-refractivity contribution >= 4 is 17.6 Å². The topological polar surface area (TPSA) is 43.3 Å². The van der Waals surface area contributed by atoms with Crippen LogP contribution in [-0.4, -0.2) is 39.6 Å². The molecule has 1 fully saturated rings. The van der Waals surface area contributed by atoms with Gasteiger partial charge in [0.05, 0.1) is 26.0 Å². The van der Waals surface area contributed by atoms with Gasteiger partial charge >= 0.3 is 0 Å². The Kier molecular flexibility index (Phi) is 6.07. The fourth-order valence-corrected chi connectivity index (χ4v) is 3.19. The maximum atomic E-state index is 5.82. The summed E-state index contributed by atoms with van der Waals surface area (Å²) in [5, 5.41) is 0. The lowest BCUT2D eigenvalue weighted by atomic mass is 10.1. The quantitative estimate of drug-likeness (QED) is 0.553. The van der Waals surface area contributed by atoms with Crippen LogP contribution in [0.5, 0.6) is 17.2 Å². The number of nitrogens with zero attached hydrogens (tertiary/aromatic N) is 2. The first-order valence-corrected chi connectivity index (χ1v) is 9.69. The third kappa shape index (κ3) is 4.95. The van der Waals surface area contributed by atoms with Crippen LogP contribution < -0.4 is 14.4 Å². The fraction of sp³-hybridized carbons (Fsp3) is 0.208. The number of para-hydroxylation sites is 1. The molecule has 4 rings (SSSR count). The molecule has 0 aliphatic carbocycles. The molecular formula is C24H24N2O3. The standard InChI is InChI=1S/C24H24N2O3/c1-27-24-17-21(26-13-15-28-16-14-26)10-7-19(24)18-25-20-8-11-23(12-9-20)29-22-5-3-2-4-6-22/h2-12,17-18H,13-16H2,1H3. The molecule has 1 aliphatic heterocycles. The highest BCUT2D eigenvalue weighted by molar-refractivity contribution is 5.86. The zero-order valence-electron chi connectivity index (χ0n) is 16.5. The van der Waals surface area contributed by atoms with Crippen LogP contribution in [-0.2, 0) is 4.74 Å². The van der Waals surface area contributed by atoms with Gasteiger partial charge in [0.15, 0.2) is 0 Å². The Morgan fingerprint density at radius 3 is 2.34 bits per heavy atom. The molecule has 0 N–H and O–H groups in total. The molecule has 1 heterocycles. The van der Waals surface area contributed by atoms with E-state index in [0.29, 0.717) is 0 Å². The van der Waals surface area contributed by atoms with Gasteiger partial charge in [-0.15, -0.1) is 0 Å². The smallest absolute Gasteiger partial charge is 0.129 e. The summed E-state index contributed by atoms with van der Waals surface area (Å²) >= 11 is 0. The summed E-state index contributed by atoms with van der Waals surface area (Å²) in [6, 6.07) is 23.6. The normalized spacial score (nSPS) is 14.2. The Morgan fingerprint density at radius 2 is 1.62 bits per heavy atom. The Hall–Kier alpha value is -3.31. The van der Waals surface area contributed by atoms with Gasteiger partial charge in [0.2, 0.25) is 0 Å². The lowest BCUT2D eigenvalue weighted by Crippen LogP contribution is -2.36. The number of aliphatic imine (C=N–C) groups is 1. The molecule has 0 radical (unpaired) electrons. The van der Waals surface area contributed by atoms with Crippen LogP contribution in [0.25, 0.3) is 0 Å². The number of methoxy groups -OCH3 is 1. The van der Waals surface area contributed by atoms with Crippen molar-refractivity contribution in [2.75, 3.05) is 38.3 Å². The Bertz CT molecular complexity index is 950. The summed E-state index contributed by atoms with van der Waals surface area (Å²) in [5.41, 5.74) is 2.93. The van der Waals surface area contributed by atoms with E-state index < -0.39 is 0 Å². The summed E-state index contributed by atoms with van der Waals surface area (Å²) in [6.45, 7) is 3.31. The van der Waals surface area contributed by atoms with E-state index in [4.69, 9.17) is 14.2 Å². The van der Waals surface area contributed by atoms with E-state index in [-0.39, 0.29) is 0 Å². The molecule has 0 unspecified atom stereocenters. The van der Waals surface area contributed by atoms with E-state index in [1.165, 1.54) is 0 Å². The van der Waals surface area contributed by atoms with Crippen molar-refractivity contribution in [3.8, 4) is 17.2 Å². The number of hydrogen-bond acceptors (Lipinski definition) is 5. The molecule has 5 heteroatoms. The largest absolute Gasteiger partial charge is 0.496 e. The van der Waals surface area contributed by atoms with E-state index in [2.05, 4.69) is 22.0 Å². The second kappa shape index (κ2) is 9.26. The molecule has 3 aromatic rings. The van der Waals surface area contributed by atoms with Gasteiger partial charge in [-0.05, 0) is 48.5 Å². The molecule has 148 valence electrons. The van der Waals surface area contributed by atoms with Gasteiger partial charge in [-0.25, -0.2) is 0 Å². The van der Waals surface area contributed by atoms with Gasteiger partial charge in [0.1, 0.15) is 17.2 Å². The first-order chi connectivity index (χ1) is 14.3. The van der Waals surface area contributed by atoms with Crippen molar-refractivity contribution < 1.29 is 14.2 Å². The average molecular weight is 388 g/mol. The number of hydrogen-bond donors (Lipinski definition) is 0. The SMILES string of the molecule is COc1cc(N2CCOCC2)ccc1C=Nc1ccc(Oc2ccccc2)cc1. The van der Waals surface area contributed by atoms with Gasteiger partial charge in [-0.2, -0.15) is 0 Å². The van der Waals surface area contributed by atoms with E-state index in [1.54, 1.807) is 7.11 Å². The first kappa shape index (κ1) is 19.0. The molecule has 5 nitrogen and oxygen atoms in total. The summed E-state index contributed by atoms with van der Waals surface area (Å²) in [6.07, 6.45) is 1.83. The third-order valence-electron chi connectivity index (χ3n) is 4.76. The van der Waals surface area contributed by atoms with E-state index in [0.717, 1.165) is 60.5 Å². The van der Waals surface area contributed by atoms with Gasteiger partial charge in [-0.3, -0.25) is 4.99 Å². The lowest BCUT2D eigenvalue weighted by molar-refractivity contribution is 0.122. The van der Waals surface area contributed by atoms with E-state index in [9.17, 15) is 0 Å². The van der Waals surface area contributed by atoms with Crippen LogP contribution in [0.3, 0.4) is 0 Å².